The van der Waals surface area contributed by atoms with Crippen molar-refractivity contribution in [2.75, 3.05) is 20.3 Å². The van der Waals surface area contributed by atoms with Crippen LogP contribution in [0.15, 0.2) is 47.4 Å². The summed E-state index contributed by atoms with van der Waals surface area (Å²) in [4.78, 5) is 25.9. The van der Waals surface area contributed by atoms with Crippen LogP contribution in [-0.2, 0) is 16.1 Å². The van der Waals surface area contributed by atoms with E-state index in [-0.39, 0.29) is 30.1 Å². The number of thioether (sulfide) groups is 1. The minimum Gasteiger partial charge on any atom is -0.488 e. The average molecular weight is 513 g/mol. The normalized spacial score (nSPS) is 15.5. The van der Waals surface area contributed by atoms with Crippen LogP contribution in [0.1, 0.15) is 11.1 Å². The monoisotopic (exact) mass is 513 g/mol. The Balaban J connectivity index is 1.69. The highest BCUT2D eigenvalue weighted by Crippen LogP contribution is 2.33. The summed E-state index contributed by atoms with van der Waals surface area (Å²) >= 11 is 3.06. The van der Waals surface area contributed by atoms with Crippen LogP contribution in [-0.4, -0.2) is 36.3 Å². The first kappa shape index (κ1) is 20.8. The highest BCUT2D eigenvalue weighted by molar-refractivity contribution is 14.1. The molecule has 1 aliphatic rings. The molecule has 1 heterocycles. The zero-order chi connectivity index (χ0) is 20.1. The van der Waals surface area contributed by atoms with Gasteiger partial charge in [-0.2, -0.15) is 0 Å². The highest BCUT2D eigenvalue weighted by Gasteiger charge is 2.34. The van der Waals surface area contributed by atoms with E-state index < -0.39 is 0 Å². The summed E-state index contributed by atoms with van der Waals surface area (Å²) in [5, 5.41) is -0.293. The van der Waals surface area contributed by atoms with E-state index in [1.807, 2.05) is 12.1 Å². The van der Waals surface area contributed by atoms with Gasteiger partial charge in [0, 0.05) is 7.11 Å². The summed E-state index contributed by atoms with van der Waals surface area (Å²) in [5.74, 6) is 0.0503. The number of hydrogen-bond acceptors (Lipinski definition) is 5. The van der Waals surface area contributed by atoms with Crippen LogP contribution in [0.4, 0.5) is 9.18 Å². The minimum atomic E-state index is -0.312. The van der Waals surface area contributed by atoms with Crippen LogP contribution in [0.5, 0.6) is 5.75 Å². The van der Waals surface area contributed by atoms with Gasteiger partial charge >= 0.3 is 0 Å². The Morgan fingerprint density at radius 3 is 2.75 bits per heavy atom. The fourth-order valence-electron chi connectivity index (χ4n) is 2.54. The van der Waals surface area contributed by atoms with Gasteiger partial charge in [-0.25, -0.2) is 4.39 Å². The number of halogens is 2. The Morgan fingerprint density at radius 1 is 1.21 bits per heavy atom. The van der Waals surface area contributed by atoms with Crippen molar-refractivity contribution in [3.05, 3.63) is 67.9 Å². The van der Waals surface area contributed by atoms with Crippen molar-refractivity contribution in [2.24, 2.45) is 0 Å². The zero-order valence-corrected chi connectivity index (χ0v) is 18.0. The van der Waals surface area contributed by atoms with Crippen LogP contribution in [0.2, 0.25) is 0 Å². The molecule has 5 nitrogen and oxygen atoms in total. The molecule has 0 aromatic heterocycles. The first-order valence-corrected chi connectivity index (χ1v) is 10.3. The second-order valence-corrected chi connectivity index (χ2v) is 8.09. The largest absolute Gasteiger partial charge is 0.488 e. The molecular formula is C20H17FINO4S. The van der Waals surface area contributed by atoms with E-state index >= 15 is 0 Å². The average Bonchev–Trinajstić information content (AvgIpc) is 2.92. The van der Waals surface area contributed by atoms with E-state index in [0.29, 0.717) is 17.3 Å². The van der Waals surface area contributed by atoms with Gasteiger partial charge in [-0.05, 0) is 75.8 Å². The van der Waals surface area contributed by atoms with Gasteiger partial charge < -0.3 is 9.47 Å². The fraction of sp³-hybridized carbons (Fsp3) is 0.200. The quantitative estimate of drug-likeness (QED) is 0.397. The van der Waals surface area contributed by atoms with Crippen molar-refractivity contribution < 1.29 is 23.5 Å². The number of carbonyl (C=O) groups excluding carboxylic acids is 2. The summed E-state index contributed by atoms with van der Waals surface area (Å²) < 4.78 is 24.8. The zero-order valence-electron chi connectivity index (χ0n) is 15.0. The second kappa shape index (κ2) is 9.53. The molecule has 0 atom stereocenters. The number of amides is 2. The lowest BCUT2D eigenvalue weighted by Crippen LogP contribution is -2.31. The van der Waals surface area contributed by atoms with Crippen molar-refractivity contribution in [1.29, 1.82) is 0 Å². The van der Waals surface area contributed by atoms with Crippen molar-refractivity contribution in [3.8, 4) is 5.75 Å². The second-order valence-electron chi connectivity index (χ2n) is 5.93. The molecule has 28 heavy (non-hydrogen) atoms. The number of benzene rings is 2. The van der Waals surface area contributed by atoms with Gasteiger partial charge in [0.25, 0.3) is 11.1 Å². The van der Waals surface area contributed by atoms with Gasteiger partial charge in [-0.1, -0.05) is 18.2 Å². The fourth-order valence-corrected chi connectivity index (χ4v) is 4.10. The molecule has 0 unspecified atom stereocenters. The SMILES string of the molecule is COCCN1C(=O)S/C(=C/c2ccc(OCc3cccc(F)c3)c(I)c2)C1=O. The molecule has 2 aromatic carbocycles. The van der Waals surface area contributed by atoms with E-state index in [1.165, 1.54) is 24.1 Å². The Bertz CT molecular complexity index is 934. The maximum absolute atomic E-state index is 13.2. The molecule has 0 aliphatic carbocycles. The number of nitrogens with zero attached hydrogens (tertiary/aromatic N) is 1. The number of methoxy groups -OCH3 is 1. The predicted octanol–water partition coefficient (Wildman–Crippen LogP) is 4.69. The number of hydrogen-bond donors (Lipinski definition) is 0. The minimum absolute atomic E-state index is 0.239. The van der Waals surface area contributed by atoms with E-state index in [2.05, 4.69) is 22.6 Å². The molecule has 0 saturated carbocycles. The lowest BCUT2D eigenvalue weighted by Gasteiger charge is -2.11. The summed E-state index contributed by atoms with van der Waals surface area (Å²) in [6.07, 6.45) is 1.69. The molecule has 3 rings (SSSR count). The third kappa shape index (κ3) is 5.12. The number of carbonyl (C=O) groups is 2. The van der Waals surface area contributed by atoms with E-state index in [1.54, 1.807) is 24.3 Å². The third-order valence-electron chi connectivity index (χ3n) is 3.93. The van der Waals surface area contributed by atoms with Crippen LogP contribution in [0.3, 0.4) is 0 Å². The lowest BCUT2D eigenvalue weighted by molar-refractivity contribution is -0.123. The molecule has 0 N–H and O–H groups in total. The van der Waals surface area contributed by atoms with Crippen molar-refractivity contribution >= 4 is 51.6 Å². The van der Waals surface area contributed by atoms with Crippen molar-refractivity contribution in [2.45, 2.75) is 6.61 Å². The number of rotatable bonds is 7. The molecule has 0 bridgehead atoms. The van der Waals surface area contributed by atoms with Gasteiger partial charge in [-0.15, -0.1) is 0 Å². The topological polar surface area (TPSA) is 55.8 Å². The standard InChI is InChI=1S/C20H17FINO4S/c1-26-8-7-23-19(24)18(28-20(23)25)11-13-5-6-17(16(22)10-13)27-12-14-3-2-4-15(21)9-14/h2-6,9-11H,7-8,12H2,1H3/b18-11+. The number of ether oxygens (including phenoxy) is 2. The summed E-state index contributed by atoms with van der Waals surface area (Å²) in [5.41, 5.74) is 1.53. The molecule has 8 heteroatoms. The van der Waals surface area contributed by atoms with Crippen molar-refractivity contribution in [3.63, 3.8) is 0 Å². The summed E-state index contributed by atoms with van der Waals surface area (Å²) in [6.45, 7) is 0.801. The number of imide groups is 1. The maximum Gasteiger partial charge on any atom is 0.293 e. The molecule has 0 radical (unpaired) electrons. The molecule has 1 saturated heterocycles. The first-order valence-electron chi connectivity index (χ1n) is 8.39. The molecule has 1 fully saturated rings. The van der Waals surface area contributed by atoms with E-state index in [9.17, 15) is 14.0 Å². The molecule has 2 amide bonds. The van der Waals surface area contributed by atoms with Crippen LogP contribution in [0.25, 0.3) is 6.08 Å². The van der Waals surface area contributed by atoms with E-state index in [4.69, 9.17) is 9.47 Å². The third-order valence-corrected chi connectivity index (χ3v) is 5.68. The molecule has 2 aromatic rings. The van der Waals surface area contributed by atoms with Gasteiger partial charge in [0.15, 0.2) is 0 Å². The molecule has 0 spiro atoms. The smallest absolute Gasteiger partial charge is 0.293 e. The predicted molar refractivity (Wildman–Crippen MR) is 114 cm³/mol. The summed E-state index contributed by atoms with van der Waals surface area (Å²) in [7, 11) is 1.52. The Kier molecular flexibility index (Phi) is 7.08. The van der Waals surface area contributed by atoms with Crippen molar-refractivity contribution in [1.82, 2.24) is 4.90 Å². The Morgan fingerprint density at radius 2 is 2.04 bits per heavy atom. The van der Waals surface area contributed by atoms with Gasteiger partial charge in [0.1, 0.15) is 18.2 Å². The highest BCUT2D eigenvalue weighted by atomic mass is 127. The first-order chi connectivity index (χ1) is 13.5. The Labute approximate surface area is 180 Å². The van der Waals surface area contributed by atoms with Gasteiger partial charge in [0.2, 0.25) is 0 Å². The van der Waals surface area contributed by atoms with Crippen LogP contribution < -0.4 is 4.74 Å². The Hall–Kier alpha value is -1.91. The van der Waals surface area contributed by atoms with Crippen LogP contribution in [0, 0.1) is 9.39 Å². The molecular weight excluding hydrogens is 496 g/mol. The molecule has 1 aliphatic heterocycles. The maximum atomic E-state index is 13.2. The van der Waals surface area contributed by atoms with Crippen LogP contribution >= 0.6 is 34.4 Å². The summed E-state index contributed by atoms with van der Waals surface area (Å²) in [6, 6.07) is 11.7. The van der Waals surface area contributed by atoms with Gasteiger partial charge in [-0.3, -0.25) is 14.5 Å². The van der Waals surface area contributed by atoms with E-state index in [0.717, 1.165) is 26.5 Å². The molecule has 146 valence electrons. The van der Waals surface area contributed by atoms with Gasteiger partial charge in [0.05, 0.1) is 21.6 Å². The lowest BCUT2D eigenvalue weighted by atomic mass is 10.2.